The molecule has 0 amide bonds. The van der Waals surface area contributed by atoms with Gasteiger partial charge in [0.05, 0.1) is 27.2 Å². The summed E-state index contributed by atoms with van der Waals surface area (Å²) in [4.78, 5) is 2.08. The van der Waals surface area contributed by atoms with Gasteiger partial charge in [-0.2, -0.15) is 13.5 Å². The molecule has 0 aliphatic rings. The molecule has 1 heterocycles. The first-order chi connectivity index (χ1) is 23.1. The maximum atomic E-state index is 12.9. The summed E-state index contributed by atoms with van der Waals surface area (Å²) in [7, 11) is -6.35. The number of aromatic nitrogens is 1. The van der Waals surface area contributed by atoms with E-state index in [1.54, 1.807) is 12.1 Å². The highest BCUT2D eigenvalue weighted by Gasteiger charge is 2.15. The average Bonchev–Trinajstić information content (AvgIpc) is 3.08. The predicted molar refractivity (Wildman–Crippen MR) is 196 cm³/mol. The van der Waals surface area contributed by atoms with Gasteiger partial charge in [0.1, 0.15) is 0 Å². The number of hydrogen-bond donors (Lipinski definition) is 2. The van der Waals surface area contributed by atoms with Crippen LogP contribution >= 0.6 is 0 Å². The SMILES string of the molecule is CCCCCCCCCCCCCCCCS(=O)(=O)NN=c1cc(-c2ccc(-c3ccccc3)cc2)n(C)c2ccc(S(=O)(=O)O)cc12. The van der Waals surface area contributed by atoms with Gasteiger partial charge in [0, 0.05) is 12.4 Å². The third-order valence-corrected chi connectivity index (χ3v) is 10.9. The van der Waals surface area contributed by atoms with Crippen LogP contribution in [0.3, 0.4) is 0 Å². The summed E-state index contributed by atoms with van der Waals surface area (Å²) in [6.07, 6.45) is 16.6. The van der Waals surface area contributed by atoms with E-state index in [0.717, 1.165) is 41.6 Å². The van der Waals surface area contributed by atoms with Gasteiger partial charge in [-0.15, -0.1) is 0 Å². The van der Waals surface area contributed by atoms with Crippen LogP contribution in [0.2, 0.25) is 0 Å². The molecule has 0 atom stereocenters. The van der Waals surface area contributed by atoms with Crippen LogP contribution in [0.15, 0.2) is 88.9 Å². The Morgan fingerprint density at radius 1 is 0.646 bits per heavy atom. The van der Waals surface area contributed by atoms with Crippen LogP contribution < -0.4 is 10.2 Å². The van der Waals surface area contributed by atoms with Crippen molar-refractivity contribution < 1.29 is 21.4 Å². The monoisotopic (exact) mass is 693 g/mol. The van der Waals surface area contributed by atoms with Crippen molar-refractivity contribution in [3.63, 3.8) is 0 Å². The Labute approximate surface area is 287 Å². The van der Waals surface area contributed by atoms with Crippen molar-refractivity contribution in [1.29, 1.82) is 0 Å². The number of fused-ring (bicyclic) bond motifs is 1. The second-order valence-electron chi connectivity index (χ2n) is 12.7. The number of nitrogens with one attached hydrogen (secondary N) is 1. The van der Waals surface area contributed by atoms with E-state index in [1.807, 2.05) is 66.2 Å². The number of unbranched alkanes of at least 4 members (excludes halogenated alkanes) is 13. The predicted octanol–water partition coefficient (Wildman–Crippen LogP) is 8.98. The smallest absolute Gasteiger partial charge is 0.294 e. The molecule has 0 spiro atoms. The zero-order chi connectivity index (χ0) is 34.4. The van der Waals surface area contributed by atoms with Crippen molar-refractivity contribution >= 4 is 31.0 Å². The van der Waals surface area contributed by atoms with Crippen molar-refractivity contribution in [1.82, 2.24) is 9.40 Å². The fourth-order valence-corrected chi connectivity index (χ4v) is 7.51. The molecule has 4 aromatic rings. The topological polar surface area (TPSA) is 118 Å². The quantitative estimate of drug-likeness (QED) is 0.0544. The summed E-state index contributed by atoms with van der Waals surface area (Å²) in [6.45, 7) is 2.25. The van der Waals surface area contributed by atoms with Crippen molar-refractivity contribution in [2.24, 2.45) is 12.1 Å². The molecule has 4 rings (SSSR count). The van der Waals surface area contributed by atoms with Crippen molar-refractivity contribution in [2.45, 2.75) is 102 Å². The van der Waals surface area contributed by atoms with Crippen LogP contribution in [0.4, 0.5) is 0 Å². The minimum Gasteiger partial charge on any atom is -0.344 e. The molecule has 10 heteroatoms. The molecule has 0 bridgehead atoms. The Balaban J connectivity index is 1.40. The number of sulfonamides is 1. The zero-order valence-corrected chi connectivity index (χ0v) is 30.0. The third-order valence-electron chi connectivity index (χ3n) is 8.90. The largest absolute Gasteiger partial charge is 0.344 e. The molecular formula is C38H51N3O5S2. The second kappa shape index (κ2) is 18.3. The molecule has 0 saturated heterocycles. The molecule has 260 valence electrons. The first kappa shape index (κ1) is 37.4. The number of rotatable bonds is 20. The van der Waals surface area contributed by atoms with Crippen LogP contribution in [0.5, 0.6) is 0 Å². The lowest BCUT2D eigenvalue weighted by Gasteiger charge is -2.15. The van der Waals surface area contributed by atoms with Crippen molar-refractivity contribution in [3.8, 4) is 22.4 Å². The van der Waals surface area contributed by atoms with Gasteiger partial charge in [0.25, 0.3) is 10.1 Å². The molecule has 0 radical (unpaired) electrons. The molecule has 0 aliphatic heterocycles. The lowest BCUT2D eigenvalue weighted by molar-refractivity contribution is 0.483. The van der Waals surface area contributed by atoms with Crippen LogP contribution in [0.25, 0.3) is 33.3 Å². The Morgan fingerprint density at radius 3 is 1.73 bits per heavy atom. The number of aryl methyl sites for hydroxylation is 1. The molecule has 0 unspecified atom stereocenters. The number of nitrogens with zero attached hydrogens (tertiary/aromatic N) is 2. The fourth-order valence-electron chi connectivity index (χ4n) is 6.09. The second-order valence-corrected chi connectivity index (χ2v) is 15.9. The van der Waals surface area contributed by atoms with E-state index in [2.05, 4.69) is 16.9 Å². The van der Waals surface area contributed by atoms with Crippen LogP contribution in [0.1, 0.15) is 96.8 Å². The molecule has 3 aromatic carbocycles. The van der Waals surface area contributed by atoms with E-state index < -0.39 is 20.1 Å². The Bertz CT molecular complexity index is 1890. The standard InChI is InChI=1S/C38H51N3O5S2/c1-3-4-5-6-7-8-9-10-11-12-13-14-15-19-28-47(42,43)40-39-36-30-38(33-24-22-32(23-25-33)31-20-17-16-18-21-31)41(2)37-27-26-34(29-35(36)37)48(44,45)46/h16-18,20-27,29-30,40H,3-15,19,28H2,1-2H3,(H,44,45,46). The van der Waals surface area contributed by atoms with Gasteiger partial charge in [-0.1, -0.05) is 145 Å². The normalized spacial score (nSPS) is 12.5. The molecule has 0 fully saturated rings. The van der Waals surface area contributed by atoms with Crippen LogP contribution in [-0.4, -0.2) is 31.7 Å². The molecule has 1 aromatic heterocycles. The zero-order valence-electron chi connectivity index (χ0n) is 28.4. The van der Waals surface area contributed by atoms with Gasteiger partial charge in [-0.05, 0) is 47.4 Å². The third kappa shape index (κ3) is 11.3. The highest BCUT2D eigenvalue weighted by molar-refractivity contribution is 7.89. The molecule has 2 N–H and O–H groups in total. The van der Waals surface area contributed by atoms with E-state index in [0.29, 0.717) is 17.3 Å². The Hall–Kier alpha value is -3.47. The maximum absolute atomic E-state index is 12.9. The average molecular weight is 694 g/mol. The highest BCUT2D eigenvalue weighted by atomic mass is 32.2. The summed E-state index contributed by atoms with van der Waals surface area (Å²) in [5, 5.41) is 4.91. The maximum Gasteiger partial charge on any atom is 0.294 e. The minimum absolute atomic E-state index is 0.0445. The van der Waals surface area contributed by atoms with Gasteiger partial charge in [-0.3, -0.25) is 4.55 Å². The van der Waals surface area contributed by atoms with Crippen molar-refractivity contribution in [2.75, 3.05) is 5.75 Å². The van der Waals surface area contributed by atoms with E-state index in [-0.39, 0.29) is 16.0 Å². The van der Waals surface area contributed by atoms with Crippen molar-refractivity contribution in [3.05, 3.63) is 84.2 Å². The lowest BCUT2D eigenvalue weighted by Crippen LogP contribution is -2.25. The first-order valence-corrected chi connectivity index (χ1v) is 20.5. The summed E-state index contributed by atoms with van der Waals surface area (Å²) < 4.78 is 61.3. The van der Waals surface area contributed by atoms with Gasteiger partial charge in [0.15, 0.2) is 0 Å². The van der Waals surface area contributed by atoms with Gasteiger partial charge < -0.3 is 4.57 Å². The summed E-state index contributed by atoms with van der Waals surface area (Å²) in [5.74, 6) is -0.0445. The number of hydrogen-bond acceptors (Lipinski definition) is 5. The molecular weight excluding hydrogens is 643 g/mol. The Morgan fingerprint density at radius 2 is 1.17 bits per heavy atom. The Kier molecular flexibility index (Phi) is 14.3. The number of pyridine rings is 1. The minimum atomic E-state index is -4.48. The van der Waals surface area contributed by atoms with Gasteiger partial charge in [0.2, 0.25) is 10.0 Å². The highest BCUT2D eigenvalue weighted by Crippen LogP contribution is 2.27. The summed E-state index contributed by atoms with van der Waals surface area (Å²) in [5.41, 5.74) is 4.40. The molecule has 48 heavy (non-hydrogen) atoms. The fraction of sp³-hybridized carbons (Fsp3) is 0.447. The molecule has 0 aliphatic carbocycles. The molecule has 8 nitrogen and oxygen atoms in total. The summed E-state index contributed by atoms with van der Waals surface area (Å²) >= 11 is 0. The van der Waals surface area contributed by atoms with Gasteiger partial charge in [-0.25, -0.2) is 13.2 Å². The van der Waals surface area contributed by atoms with E-state index in [1.165, 1.54) is 76.3 Å². The van der Waals surface area contributed by atoms with E-state index in [9.17, 15) is 21.4 Å². The summed E-state index contributed by atoms with van der Waals surface area (Å²) in [6, 6.07) is 24.0. The van der Waals surface area contributed by atoms with Crippen LogP contribution in [-0.2, 0) is 27.2 Å². The van der Waals surface area contributed by atoms with E-state index >= 15 is 0 Å². The first-order valence-electron chi connectivity index (χ1n) is 17.4. The lowest BCUT2D eigenvalue weighted by atomic mass is 10.0. The van der Waals surface area contributed by atoms with Gasteiger partial charge >= 0.3 is 0 Å². The van der Waals surface area contributed by atoms with E-state index in [4.69, 9.17) is 0 Å². The number of benzene rings is 3. The molecule has 0 saturated carbocycles. The van der Waals surface area contributed by atoms with Crippen LogP contribution in [0, 0.1) is 0 Å².